The van der Waals surface area contributed by atoms with Crippen molar-refractivity contribution in [1.82, 2.24) is 10.6 Å². The molecule has 3 amide bonds. The third-order valence-electron chi connectivity index (χ3n) is 4.38. The zero-order valence-corrected chi connectivity index (χ0v) is 20.3. The summed E-state index contributed by atoms with van der Waals surface area (Å²) in [5, 5.41) is 7.36. The van der Waals surface area contributed by atoms with Crippen molar-refractivity contribution in [1.29, 1.82) is 0 Å². The molecule has 3 rings (SSSR count). The zero-order valence-electron chi connectivity index (χ0n) is 19.5. The van der Waals surface area contributed by atoms with E-state index in [0.29, 0.717) is 11.4 Å². The molecule has 3 N–H and O–H groups in total. The molecular formula is C25H24N4O6S. The van der Waals surface area contributed by atoms with Gasteiger partial charge in [-0.1, -0.05) is 48.2 Å². The second-order valence-corrected chi connectivity index (χ2v) is 8.08. The van der Waals surface area contributed by atoms with Crippen molar-refractivity contribution in [2.24, 2.45) is 4.99 Å². The predicted molar refractivity (Wildman–Crippen MR) is 136 cm³/mol. The van der Waals surface area contributed by atoms with Gasteiger partial charge in [-0.2, -0.15) is 0 Å². The van der Waals surface area contributed by atoms with E-state index >= 15 is 0 Å². The Morgan fingerprint density at radius 2 is 1.42 bits per heavy atom. The second-order valence-electron chi connectivity index (χ2n) is 6.94. The van der Waals surface area contributed by atoms with Crippen molar-refractivity contribution >= 4 is 47.2 Å². The van der Waals surface area contributed by atoms with Gasteiger partial charge in [-0.15, -0.1) is 0 Å². The number of amides is 3. The maximum Gasteiger partial charge on any atom is 0.413 e. The second kappa shape index (κ2) is 13.4. The Morgan fingerprint density at radius 3 is 2.03 bits per heavy atom. The maximum atomic E-state index is 12.6. The number of aliphatic imine (C=N–C) groups is 1. The van der Waals surface area contributed by atoms with Gasteiger partial charge in [0.05, 0.1) is 25.6 Å². The Kier molecular flexibility index (Phi) is 9.71. The molecule has 11 heteroatoms. The quantitative estimate of drug-likeness (QED) is 0.315. The van der Waals surface area contributed by atoms with Crippen LogP contribution in [0.25, 0.3) is 0 Å². The van der Waals surface area contributed by atoms with E-state index in [2.05, 4.69) is 30.4 Å². The summed E-state index contributed by atoms with van der Waals surface area (Å²) < 4.78 is 14.7. The first-order valence-electron chi connectivity index (χ1n) is 10.6. The van der Waals surface area contributed by atoms with Gasteiger partial charge in [0.1, 0.15) is 5.75 Å². The van der Waals surface area contributed by atoms with Crippen molar-refractivity contribution in [3.63, 3.8) is 0 Å². The number of guanidine groups is 1. The van der Waals surface area contributed by atoms with E-state index in [1.54, 1.807) is 36.4 Å². The van der Waals surface area contributed by atoms with Crippen LogP contribution in [0.3, 0.4) is 0 Å². The molecule has 0 spiro atoms. The van der Waals surface area contributed by atoms with Gasteiger partial charge in [0.15, 0.2) is 6.61 Å². The summed E-state index contributed by atoms with van der Waals surface area (Å²) in [6.45, 7) is -0.235. The van der Waals surface area contributed by atoms with E-state index in [1.165, 1.54) is 26.0 Å². The standard InChI is InChI=1S/C25H24N4O6S/c1-33-24(31)28-23(29-25(32)34-2)27-21-15-19(36-18-11-7-4-8-12-18)13-14-20(21)26-22(30)16-35-17-9-5-3-6-10-17/h3-15H,16H2,1-2H3,(H,26,30)(H2,27,28,29,31,32). The molecule has 0 heterocycles. The number of hydrogen-bond acceptors (Lipinski definition) is 8. The molecule has 0 aromatic heterocycles. The zero-order chi connectivity index (χ0) is 25.8. The van der Waals surface area contributed by atoms with Crippen molar-refractivity contribution in [2.45, 2.75) is 9.79 Å². The Hall–Kier alpha value is -4.51. The minimum atomic E-state index is -0.859. The number of benzene rings is 3. The van der Waals surface area contributed by atoms with Crippen molar-refractivity contribution < 1.29 is 28.6 Å². The van der Waals surface area contributed by atoms with Gasteiger partial charge < -0.3 is 19.5 Å². The van der Waals surface area contributed by atoms with Gasteiger partial charge in [0, 0.05) is 9.79 Å². The molecule has 0 bridgehead atoms. The average molecular weight is 509 g/mol. The highest BCUT2D eigenvalue weighted by Crippen LogP contribution is 2.34. The Morgan fingerprint density at radius 1 is 0.806 bits per heavy atom. The number of nitrogens with zero attached hydrogens (tertiary/aromatic N) is 1. The lowest BCUT2D eigenvalue weighted by molar-refractivity contribution is -0.118. The van der Waals surface area contributed by atoms with Gasteiger partial charge in [0.2, 0.25) is 5.96 Å². The molecule has 10 nitrogen and oxygen atoms in total. The highest BCUT2D eigenvalue weighted by molar-refractivity contribution is 7.99. The summed E-state index contributed by atoms with van der Waals surface area (Å²) in [5.41, 5.74) is 0.580. The summed E-state index contributed by atoms with van der Waals surface area (Å²) in [5.74, 6) is -0.138. The number of methoxy groups -OCH3 is 2. The summed E-state index contributed by atoms with van der Waals surface area (Å²) >= 11 is 1.47. The molecule has 0 saturated heterocycles. The Balaban J connectivity index is 1.89. The molecule has 0 fully saturated rings. The van der Waals surface area contributed by atoms with Gasteiger partial charge >= 0.3 is 12.2 Å². The number of para-hydroxylation sites is 1. The van der Waals surface area contributed by atoms with Crippen LogP contribution in [-0.2, 0) is 14.3 Å². The van der Waals surface area contributed by atoms with Crippen LogP contribution in [-0.4, -0.2) is 44.9 Å². The lowest BCUT2D eigenvalue weighted by atomic mass is 10.2. The molecule has 0 unspecified atom stereocenters. The maximum absolute atomic E-state index is 12.6. The fraction of sp³-hybridized carbons (Fsp3) is 0.120. The van der Waals surface area contributed by atoms with Gasteiger partial charge in [0.25, 0.3) is 5.91 Å². The third-order valence-corrected chi connectivity index (χ3v) is 5.38. The first-order chi connectivity index (χ1) is 17.5. The number of ether oxygens (including phenoxy) is 3. The van der Waals surface area contributed by atoms with Crippen LogP contribution in [0.1, 0.15) is 0 Å². The van der Waals surface area contributed by atoms with Crippen molar-refractivity contribution in [3.8, 4) is 5.75 Å². The van der Waals surface area contributed by atoms with E-state index in [9.17, 15) is 14.4 Å². The molecule has 0 aliphatic carbocycles. The van der Waals surface area contributed by atoms with Crippen LogP contribution >= 0.6 is 11.8 Å². The molecule has 0 aliphatic rings. The average Bonchev–Trinajstić information content (AvgIpc) is 2.90. The highest BCUT2D eigenvalue weighted by Gasteiger charge is 2.14. The van der Waals surface area contributed by atoms with Gasteiger partial charge in [-0.25, -0.2) is 14.6 Å². The monoisotopic (exact) mass is 508 g/mol. The molecular weight excluding hydrogens is 484 g/mol. The molecule has 0 saturated carbocycles. The molecule has 36 heavy (non-hydrogen) atoms. The molecule has 3 aromatic carbocycles. The molecule has 3 aromatic rings. The molecule has 186 valence electrons. The smallest absolute Gasteiger partial charge is 0.413 e. The molecule has 0 atom stereocenters. The number of rotatable bonds is 7. The normalized spacial score (nSPS) is 9.94. The van der Waals surface area contributed by atoms with Crippen LogP contribution < -0.4 is 20.7 Å². The lowest BCUT2D eigenvalue weighted by Crippen LogP contribution is -2.43. The summed E-state index contributed by atoms with van der Waals surface area (Å²) in [7, 11) is 2.33. The Labute approximate surface area is 212 Å². The number of anilines is 1. The SMILES string of the molecule is COC(=O)NC(=Nc1cc(Sc2ccccc2)ccc1NC(=O)COc1ccccc1)NC(=O)OC. The lowest BCUT2D eigenvalue weighted by Gasteiger charge is -2.13. The number of hydrogen-bond donors (Lipinski definition) is 3. The van der Waals surface area contributed by atoms with E-state index < -0.39 is 18.1 Å². The van der Waals surface area contributed by atoms with Crippen LogP contribution in [0, 0.1) is 0 Å². The van der Waals surface area contributed by atoms with Gasteiger partial charge in [-0.3, -0.25) is 15.4 Å². The summed E-state index contributed by atoms with van der Waals surface area (Å²) in [6.07, 6.45) is -1.72. The topological polar surface area (TPSA) is 127 Å². The minimum Gasteiger partial charge on any atom is -0.484 e. The van der Waals surface area contributed by atoms with Crippen LogP contribution in [0.2, 0.25) is 0 Å². The Bertz CT molecular complexity index is 1200. The number of alkyl carbamates (subject to hydrolysis) is 2. The highest BCUT2D eigenvalue weighted by atomic mass is 32.2. The van der Waals surface area contributed by atoms with E-state index in [4.69, 9.17) is 4.74 Å². The largest absolute Gasteiger partial charge is 0.484 e. The van der Waals surface area contributed by atoms with Crippen LogP contribution in [0.15, 0.2) is 93.6 Å². The number of nitrogens with one attached hydrogen (secondary N) is 3. The first-order valence-corrected chi connectivity index (χ1v) is 11.4. The summed E-state index contributed by atoms with van der Waals surface area (Å²) in [4.78, 5) is 42.3. The molecule has 0 radical (unpaired) electrons. The predicted octanol–water partition coefficient (Wildman–Crippen LogP) is 4.55. The number of carbonyl (C=O) groups excluding carboxylic acids is 3. The first kappa shape index (κ1) is 26.1. The van der Waals surface area contributed by atoms with Crippen molar-refractivity contribution in [3.05, 3.63) is 78.9 Å². The van der Waals surface area contributed by atoms with E-state index in [1.807, 2.05) is 42.5 Å². The third kappa shape index (κ3) is 8.37. The van der Waals surface area contributed by atoms with Crippen LogP contribution in [0.4, 0.5) is 21.0 Å². The summed E-state index contributed by atoms with van der Waals surface area (Å²) in [6, 6.07) is 23.7. The van der Waals surface area contributed by atoms with E-state index in [-0.39, 0.29) is 18.3 Å². The fourth-order valence-electron chi connectivity index (χ4n) is 2.75. The fourth-order valence-corrected chi connectivity index (χ4v) is 3.62. The van der Waals surface area contributed by atoms with Crippen molar-refractivity contribution in [2.75, 3.05) is 26.1 Å². The minimum absolute atomic E-state index is 0.235. The van der Waals surface area contributed by atoms with Gasteiger partial charge in [-0.05, 0) is 42.5 Å². The van der Waals surface area contributed by atoms with E-state index in [0.717, 1.165) is 9.79 Å². The van der Waals surface area contributed by atoms with Crippen LogP contribution in [0.5, 0.6) is 5.75 Å². The molecule has 0 aliphatic heterocycles. The number of carbonyl (C=O) groups is 3.